The van der Waals surface area contributed by atoms with Gasteiger partial charge in [-0.25, -0.2) is 9.37 Å². The van der Waals surface area contributed by atoms with Crippen LogP contribution in [0, 0.1) is 5.82 Å². The lowest BCUT2D eigenvalue weighted by molar-refractivity contribution is -0.115. The molecule has 0 spiro atoms. The predicted molar refractivity (Wildman–Crippen MR) is 86.3 cm³/mol. The Morgan fingerprint density at radius 1 is 1.09 bits per heavy atom. The number of thiazole rings is 1. The zero-order valence-electron chi connectivity index (χ0n) is 11.6. The number of halogens is 1. The van der Waals surface area contributed by atoms with Crippen LogP contribution in [-0.4, -0.2) is 10.9 Å². The summed E-state index contributed by atoms with van der Waals surface area (Å²) in [6, 6.07) is 15.5. The second-order valence-electron chi connectivity index (χ2n) is 4.74. The first-order valence-corrected chi connectivity index (χ1v) is 7.64. The maximum Gasteiger partial charge on any atom is 0.230 e. The van der Waals surface area contributed by atoms with E-state index in [-0.39, 0.29) is 18.1 Å². The average Bonchev–Trinajstić information content (AvgIpc) is 2.99. The average molecular weight is 312 g/mol. The van der Waals surface area contributed by atoms with Crippen LogP contribution in [-0.2, 0) is 11.2 Å². The fraction of sp³-hybridized carbons (Fsp3) is 0.0588. The summed E-state index contributed by atoms with van der Waals surface area (Å²) in [5, 5.41) is 5.50. The number of carbonyl (C=O) groups excluding carboxylic acids is 1. The number of anilines is 1. The van der Waals surface area contributed by atoms with Crippen molar-refractivity contribution >= 4 is 22.9 Å². The lowest BCUT2D eigenvalue weighted by Crippen LogP contribution is -2.14. The monoisotopic (exact) mass is 312 g/mol. The highest BCUT2D eigenvalue weighted by atomic mass is 32.1. The van der Waals surface area contributed by atoms with Crippen LogP contribution in [0.5, 0.6) is 0 Å². The van der Waals surface area contributed by atoms with Crippen LogP contribution in [0.1, 0.15) is 5.69 Å². The van der Waals surface area contributed by atoms with E-state index in [1.165, 1.54) is 35.6 Å². The first-order valence-electron chi connectivity index (χ1n) is 6.76. The minimum absolute atomic E-state index is 0.170. The Hall–Kier alpha value is -2.53. The van der Waals surface area contributed by atoms with Crippen molar-refractivity contribution in [2.24, 2.45) is 0 Å². The highest BCUT2D eigenvalue weighted by Gasteiger charge is 2.09. The minimum atomic E-state index is -0.329. The van der Waals surface area contributed by atoms with Gasteiger partial charge in [-0.1, -0.05) is 30.3 Å². The van der Waals surface area contributed by atoms with Crippen molar-refractivity contribution in [1.82, 2.24) is 4.98 Å². The quantitative estimate of drug-likeness (QED) is 0.787. The van der Waals surface area contributed by atoms with Crippen LogP contribution in [0.2, 0.25) is 0 Å². The highest BCUT2D eigenvalue weighted by Crippen LogP contribution is 2.23. The van der Waals surface area contributed by atoms with Gasteiger partial charge in [0.25, 0.3) is 0 Å². The number of amides is 1. The first-order chi connectivity index (χ1) is 10.7. The molecular weight excluding hydrogens is 299 g/mol. The number of aromatic nitrogens is 1. The van der Waals surface area contributed by atoms with Gasteiger partial charge >= 0.3 is 0 Å². The van der Waals surface area contributed by atoms with Crippen LogP contribution in [0.15, 0.2) is 60.0 Å². The minimum Gasteiger partial charge on any atom is -0.326 e. The second-order valence-corrected chi connectivity index (χ2v) is 5.60. The van der Waals surface area contributed by atoms with Crippen molar-refractivity contribution in [1.29, 1.82) is 0 Å². The van der Waals surface area contributed by atoms with Crippen LogP contribution in [0.4, 0.5) is 10.1 Å². The van der Waals surface area contributed by atoms with Gasteiger partial charge in [0.05, 0.1) is 12.1 Å². The van der Waals surface area contributed by atoms with Gasteiger partial charge in [-0.2, -0.15) is 0 Å². The Kier molecular flexibility index (Phi) is 4.25. The Bertz CT molecular complexity index is 769. The number of nitrogens with one attached hydrogen (secondary N) is 1. The zero-order chi connectivity index (χ0) is 15.4. The van der Waals surface area contributed by atoms with E-state index in [1.807, 2.05) is 35.7 Å². The molecule has 22 heavy (non-hydrogen) atoms. The molecule has 0 saturated carbocycles. The summed E-state index contributed by atoms with van der Waals surface area (Å²) < 4.78 is 12.8. The number of rotatable bonds is 4. The molecular formula is C17H13FN2OS. The molecule has 2 aromatic carbocycles. The van der Waals surface area contributed by atoms with E-state index in [2.05, 4.69) is 10.3 Å². The van der Waals surface area contributed by atoms with Crippen LogP contribution in [0.25, 0.3) is 10.6 Å². The summed E-state index contributed by atoms with van der Waals surface area (Å²) in [6.07, 6.45) is 0.195. The van der Waals surface area contributed by atoms with E-state index in [9.17, 15) is 9.18 Å². The maximum atomic E-state index is 12.8. The summed E-state index contributed by atoms with van der Waals surface area (Å²) in [4.78, 5) is 16.4. The fourth-order valence-corrected chi connectivity index (χ4v) is 2.83. The molecule has 110 valence electrons. The lowest BCUT2D eigenvalue weighted by Gasteiger charge is -2.03. The normalized spacial score (nSPS) is 10.4. The SMILES string of the molecule is O=C(Cc1csc(-c2ccccc2)n1)Nc1ccc(F)cc1. The molecule has 0 radical (unpaired) electrons. The van der Waals surface area contributed by atoms with Crippen LogP contribution < -0.4 is 5.32 Å². The van der Waals surface area contributed by atoms with Gasteiger partial charge in [0.1, 0.15) is 10.8 Å². The van der Waals surface area contributed by atoms with Crippen molar-refractivity contribution in [3.05, 3.63) is 71.5 Å². The molecule has 1 amide bonds. The van der Waals surface area contributed by atoms with Crippen molar-refractivity contribution in [3.8, 4) is 10.6 Å². The zero-order valence-corrected chi connectivity index (χ0v) is 12.4. The predicted octanol–water partition coefficient (Wildman–Crippen LogP) is 4.13. The van der Waals surface area contributed by atoms with Gasteiger partial charge in [0.2, 0.25) is 5.91 Å². The molecule has 5 heteroatoms. The summed E-state index contributed by atoms with van der Waals surface area (Å²) in [6.45, 7) is 0. The smallest absolute Gasteiger partial charge is 0.230 e. The van der Waals surface area contributed by atoms with Gasteiger partial charge in [0, 0.05) is 16.6 Å². The molecule has 0 unspecified atom stereocenters. The Labute approximate surface area is 131 Å². The molecule has 1 aromatic heterocycles. The maximum absolute atomic E-state index is 12.8. The van der Waals surface area contributed by atoms with E-state index in [0.29, 0.717) is 5.69 Å². The molecule has 0 aliphatic carbocycles. The molecule has 1 N–H and O–H groups in total. The second kappa shape index (κ2) is 6.49. The van der Waals surface area contributed by atoms with E-state index >= 15 is 0 Å². The number of hydrogen-bond acceptors (Lipinski definition) is 3. The summed E-state index contributed by atoms with van der Waals surface area (Å²) in [5.41, 5.74) is 2.34. The summed E-state index contributed by atoms with van der Waals surface area (Å²) >= 11 is 1.51. The Balaban J connectivity index is 1.65. The van der Waals surface area contributed by atoms with E-state index in [4.69, 9.17) is 0 Å². The van der Waals surface area contributed by atoms with Crippen molar-refractivity contribution < 1.29 is 9.18 Å². The molecule has 3 aromatic rings. The molecule has 0 aliphatic rings. The van der Waals surface area contributed by atoms with E-state index in [1.54, 1.807) is 0 Å². The van der Waals surface area contributed by atoms with Gasteiger partial charge < -0.3 is 5.32 Å². The molecule has 0 fully saturated rings. The molecule has 0 aliphatic heterocycles. The third-order valence-corrected chi connectivity index (χ3v) is 3.98. The fourth-order valence-electron chi connectivity index (χ4n) is 2.00. The summed E-state index contributed by atoms with van der Waals surface area (Å²) in [5.74, 6) is -0.499. The molecule has 3 nitrogen and oxygen atoms in total. The third-order valence-electron chi connectivity index (χ3n) is 3.04. The standard InChI is InChI=1S/C17H13FN2OS/c18-13-6-8-14(9-7-13)19-16(21)10-15-11-22-17(20-15)12-4-2-1-3-5-12/h1-9,11H,10H2,(H,19,21). The largest absolute Gasteiger partial charge is 0.326 e. The highest BCUT2D eigenvalue weighted by molar-refractivity contribution is 7.13. The molecule has 1 heterocycles. The third kappa shape index (κ3) is 3.56. The molecule has 0 saturated heterocycles. The topological polar surface area (TPSA) is 42.0 Å². The lowest BCUT2D eigenvalue weighted by atomic mass is 10.2. The summed E-state index contributed by atoms with van der Waals surface area (Å²) in [7, 11) is 0. The van der Waals surface area contributed by atoms with Gasteiger partial charge in [-0.15, -0.1) is 11.3 Å². The molecule has 0 bridgehead atoms. The van der Waals surface area contributed by atoms with Crippen LogP contribution in [0.3, 0.4) is 0 Å². The van der Waals surface area contributed by atoms with Gasteiger partial charge in [-0.05, 0) is 24.3 Å². The van der Waals surface area contributed by atoms with E-state index < -0.39 is 0 Å². The Morgan fingerprint density at radius 2 is 1.82 bits per heavy atom. The van der Waals surface area contributed by atoms with Crippen molar-refractivity contribution in [2.45, 2.75) is 6.42 Å². The van der Waals surface area contributed by atoms with Crippen LogP contribution >= 0.6 is 11.3 Å². The Morgan fingerprint density at radius 3 is 2.55 bits per heavy atom. The van der Waals surface area contributed by atoms with Gasteiger partial charge in [0.15, 0.2) is 0 Å². The molecule has 0 atom stereocenters. The van der Waals surface area contributed by atoms with Crippen molar-refractivity contribution in [2.75, 3.05) is 5.32 Å². The molecule has 3 rings (SSSR count). The number of carbonyl (C=O) groups is 1. The van der Waals surface area contributed by atoms with Gasteiger partial charge in [-0.3, -0.25) is 4.79 Å². The first kappa shape index (κ1) is 14.4. The number of benzene rings is 2. The number of hydrogen-bond donors (Lipinski definition) is 1. The van der Waals surface area contributed by atoms with Crippen molar-refractivity contribution in [3.63, 3.8) is 0 Å². The van der Waals surface area contributed by atoms with E-state index in [0.717, 1.165) is 16.3 Å². The number of nitrogens with zero attached hydrogens (tertiary/aromatic N) is 1.